The average Bonchev–Trinajstić information content (AvgIpc) is 3.14. The monoisotopic (exact) mass is 353 g/mol. The maximum absolute atomic E-state index is 12.2. The second-order valence-corrected chi connectivity index (χ2v) is 6.96. The molecule has 3 rings (SSSR count). The highest BCUT2D eigenvalue weighted by Gasteiger charge is 2.27. The van der Waals surface area contributed by atoms with E-state index in [0.717, 1.165) is 30.8 Å². The maximum Gasteiger partial charge on any atom is 0.258 e. The predicted molar refractivity (Wildman–Crippen MR) is 104 cm³/mol. The highest BCUT2D eigenvalue weighted by atomic mass is 16.5. The number of para-hydroxylation sites is 1. The molecule has 1 aliphatic heterocycles. The Kier molecular flexibility index (Phi) is 6.67. The zero-order chi connectivity index (χ0) is 18.2. The van der Waals surface area contributed by atoms with Crippen LogP contribution in [-0.2, 0) is 11.2 Å². The Morgan fingerprint density at radius 3 is 2.73 bits per heavy atom. The van der Waals surface area contributed by atoms with E-state index < -0.39 is 0 Å². The van der Waals surface area contributed by atoms with Crippen molar-refractivity contribution in [1.82, 2.24) is 5.32 Å². The summed E-state index contributed by atoms with van der Waals surface area (Å²) < 4.78 is 5.82. The molecule has 1 unspecified atom stereocenters. The predicted octanol–water partition coefficient (Wildman–Crippen LogP) is 1.84. The molecule has 1 heterocycles. The van der Waals surface area contributed by atoms with E-state index in [0.29, 0.717) is 6.04 Å². The third kappa shape index (κ3) is 5.09. The van der Waals surface area contributed by atoms with Crippen LogP contribution in [0.3, 0.4) is 0 Å². The lowest BCUT2D eigenvalue weighted by Gasteiger charge is -2.20. The van der Waals surface area contributed by atoms with E-state index in [-0.39, 0.29) is 12.5 Å². The van der Waals surface area contributed by atoms with Gasteiger partial charge in [0.2, 0.25) is 0 Å². The molecular formula is C22H29N2O2+. The molecule has 4 heteroatoms. The van der Waals surface area contributed by atoms with Crippen LogP contribution in [0.15, 0.2) is 54.6 Å². The van der Waals surface area contributed by atoms with Crippen molar-refractivity contribution in [3.05, 3.63) is 65.7 Å². The molecule has 0 aliphatic carbocycles. The van der Waals surface area contributed by atoms with Gasteiger partial charge in [0.05, 0.1) is 19.6 Å². The SMILES string of the molecule is CC[NH+]1CCC[C@@H]1CNC(=O)COc1ccccc1Cc1ccccc1. The molecule has 26 heavy (non-hydrogen) atoms. The van der Waals surface area contributed by atoms with Gasteiger partial charge in [-0.3, -0.25) is 4.79 Å². The molecule has 4 nitrogen and oxygen atoms in total. The number of quaternary nitrogens is 1. The number of ether oxygens (including phenoxy) is 1. The Hall–Kier alpha value is -2.33. The first kappa shape index (κ1) is 18.5. The first-order valence-electron chi connectivity index (χ1n) is 9.62. The van der Waals surface area contributed by atoms with E-state index in [1.807, 2.05) is 36.4 Å². The molecule has 2 aromatic rings. The van der Waals surface area contributed by atoms with Crippen LogP contribution in [0.5, 0.6) is 5.75 Å². The Morgan fingerprint density at radius 2 is 1.92 bits per heavy atom. The molecule has 0 saturated carbocycles. The van der Waals surface area contributed by atoms with Crippen LogP contribution in [0, 0.1) is 0 Å². The Morgan fingerprint density at radius 1 is 1.15 bits per heavy atom. The van der Waals surface area contributed by atoms with Crippen LogP contribution in [0.4, 0.5) is 0 Å². The van der Waals surface area contributed by atoms with Gasteiger partial charge in [-0.1, -0.05) is 48.5 Å². The van der Waals surface area contributed by atoms with Crippen LogP contribution in [0.25, 0.3) is 0 Å². The molecule has 0 radical (unpaired) electrons. The lowest BCUT2D eigenvalue weighted by atomic mass is 10.0. The summed E-state index contributed by atoms with van der Waals surface area (Å²) >= 11 is 0. The molecule has 1 fully saturated rings. The van der Waals surface area contributed by atoms with Crippen LogP contribution in [-0.4, -0.2) is 38.2 Å². The van der Waals surface area contributed by atoms with Crippen molar-refractivity contribution < 1.29 is 14.4 Å². The molecule has 1 aliphatic rings. The second-order valence-electron chi connectivity index (χ2n) is 6.96. The Balaban J connectivity index is 1.50. The number of hydrogen-bond donors (Lipinski definition) is 2. The lowest BCUT2D eigenvalue weighted by Crippen LogP contribution is -3.14. The van der Waals surface area contributed by atoms with E-state index in [4.69, 9.17) is 4.74 Å². The molecule has 138 valence electrons. The smallest absolute Gasteiger partial charge is 0.258 e. The fourth-order valence-corrected chi connectivity index (χ4v) is 3.73. The van der Waals surface area contributed by atoms with Gasteiger partial charge in [-0.05, 0) is 24.1 Å². The molecule has 2 N–H and O–H groups in total. The number of likely N-dealkylation sites (N-methyl/N-ethyl adjacent to an activating group) is 1. The van der Waals surface area contributed by atoms with E-state index in [1.54, 1.807) is 4.90 Å². The number of likely N-dealkylation sites (tertiary alicyclic amines) is 1. The molecule has 1 saturated heterocycles. The van der Waals surface area contributed by atoms with Gasteiger partial charge in [0.25, 0.3) is 5.91 Å². The minimum absolute atomic E-state index is 0.0399. The molecule has 2 atom stereocenters. The van der Waals surface area contributed by atoms with E-state index >= 15 is 0 Å². The molecule has 0 bridgehead atoms. The summed E-state index contributed by atoms with van der Waals surface area (Å²) in [6.07, 6.45) is 3.26. The molecular weight excluding hydrogens is 324 g/mol. The largest absolute Gasteiger partial charge is 0.483 e. The van der Waals surface area contributed by atoms with Gasteiger partial charge in [0.15, 0.2) is 6.61 Å². The fourth-order valence-electron chi connectivity index (χ4n) is 3.73. The van der Waals surface area contributed by atoms with Crippen molar-refractivity contribution in [2.45, 2.75) is 32.2 Å². The summed E-state index contributed by atoms with van der Waals surface area (Å²) in [6, 6.07) is 18.8. The standard InChI is InChI=1S/C22H28N2O2/c1-2-24-14-8-12-20(24)16-23-22(25)17-26-21-13-7-6-11-19(21)15-18-9-4-3-5-10-18/h3-7,9-11,13,20H,2,8,12,14-17H2,1H3,(H,23,25)/p+1/t20-/m1/s1. The summed E-state index contributed by atoms with van der Waals surface area (Å²) in [5, 5.41) is 3.04. The number of carbonyl (C=O) groups excluding carboxylic acids is 1. The molecule has 0 aromatic heterocycles. The van der Waals surface area contributed by atoms with Crippen molar-refractivity contribution in [2.24, 2.45) is 0 Å². The minimum Gasteiger partial charge on any atom is -0.483 e. The number of benzene rings is 2. The van der Waals surface area contributed by atoms with Gasteiger partial charge in [-0.25, -0.2) is 0 Å². The van der Waals surface area contributed by atoms with Crippen LogP contribution in [0.1, 0.15) is 30.9 Å². The third-order valence-corrected chi connectivity index (χ3v) is 5.20. The first-order valence-corrected chi connectivity index (χ1v) is 9.62. The summed E-state index contributed by atoms with van der Waals surface area (Å²) in [4.78, 5) is 13.8. The Bertz CT molecular complexity index is 702. The maximum atomic E-state index is 12.2. The number of rotatable bonds is 8. The topological polar surface area (TPSA) is 42.8 Å². The highest BCUT2D eigenvalue weighted by molar-refractivity contribution is 5.77. The fraction of sp³-hybridized carbons (Fsp3) is 0.409. The van der Waals surface area contributed by atoms with Gasteiger partial charge in [0, 0.05) is 19.3 Å². The summed E-state index contributed by atoms with van der Waals surface area (Å²) in [5.41, 5.74) is 2.33. The summed E-state index contributed by atoms with van der Waals surface area (Å²) in [6.45, 7) is 5.38. The van der Waals surface area contributed by atoms with Crippen molar-refractivity contribution in [3.63, 3.8) is 0 Å². The summed E-state index contributed by atoms with van der Waals surface area (Å²) in [7, 11) is 0. The van der Waals surface area contributed by atoms with Gasteiger partial charge in [-0.15, -0.1) is 0 Å². The lowest BCUT2D eigenvalue weighted by molar-refractivity contribution is -0.909. The summed E-state index contributed by atoms with van der Waals surface area (Å²) in [5.74, 6) is 0.745. The molecule has 0 spiro atoms. The van der Waals surface area contributed by atoms with E-state index in [9.17, 15) is 4.79 Å². The van der Waals surface area contributed by atoms with E-state index in [2.05, 4.69) is 30.4 Å². The quantitative estimate of drug-likeness (QED) is 0.760. The van der Waals surface area contributed by atoms with Gasteiger partial charge < -0.3 is 15.0 Å². The van der Waals surface area contributed by atoms with Crippen LogP contribution < -0.4 is 15.0 Å². The van der Waals surface area contributed by atoms with Gasteiger partial charge >= 0.3 is 0 Å². The van der Waals surface area contributed by atoms with Crippen LogP contribution >= 0.6 is 0 Å². The zero-order valence-electron chi connectivity index (χ0n) is 15.5. The number of hydrogen-bond acceptors (Lipinski definition) is 2. The number of nitrogens with one attached hydrogen (secondary N) is 2. The van der Waals surface area contributed by atoms with Crippen molar-refractivity contribution >= 4 is 5.91 Å². The second kappa shape index (κ2) is 9.39. The van der Waals surface area contributed by atoms with E-state index in [1.165, 1.54) is 24.9 Å². The zero-order valence-corrected chi connectivity index (χ0v) is 15.5. The number of carbonyl (C=O) groups is 1. The number of amides is 1. The van der Waals surface area contributed by atoms with Gasteiger partial charge in [0.1, 0.15) is 11.8 Å². The van der Waals surface area contributed by atoms with Crippen molar-refractivity contribution in [3.8, 4) is 5.75 Å². The highest BCUT2D eigenvalue weighted by Crippen LogP contribution is 2.21. The minimum atomic E-state index is -0.0399. The van der Waals surface area contributed by atoms with Crippen LogP contribution in [0.2, 0.25) is 0 Å². The average molecular weight is 353 g/mol. The van der Waals surface area contributed by atoms with Crippen molar-refractivity contribution in [2.75, 3.05) is 26.2 Å². The first-order chi connectivity index (χ1) is 12.8. The molecule has 2 aromatic carbocycles. The molecule has 1 amide bonds. The van der Waals surface area contributed by atoms with Crippen molar-refractivity contribution in [1.29, 1.82) is 0 Å². The normalized spacial score (nSPS) is 19.3. The Labute approximate surface area is 156 Å². The third-order valence-electron chi connectivity index (χ3n) is 5.20. The van der Waals surface area contributed by atoms with Gasteiger partial charge in [-0.2, -0.15) is 0 Å².